The van der Waals surface area contributed by atoms with Crippen LogP contribution < -0.4 is 0 Å². The maximum Gasteiger partial charge on any atom is 2.00 e. The fourth-order valence-electron chi connectivity index (χ4n) is 0. The van der Waals surface area contributed by atoms with Gasteiger partial charge in [-0.3, -0.25) is 9.11 Å². The van der Waals surface area contributed by atoms with Gasteiger partial charge in [-0.15, -0.1) is 0 Å². The second kappa shape index (κ2) is 5.33. The minimum Gasteiger partial charge on any atom is -0.284 e. The molecular weight excluding hydrogens is 120 g/mol. The molecule has 0 amide bonds. The zero-order chi connectivity index (χ0) is 3.58. The van der Waals surface area contributed by atoms with Crippen molar-refractivity contribution in [3.8, 4) is 0 Å². The second-order valence-corrected chi connectivity index (χ2v) is 0.692. The van der Waals surface area contributed by atoms with Crippen molar-refractivity contribution in [2.75, 3.05) is 0 Å². The Kier molecular flexibility index (Phi) is 10.2. The topological polar surface area (TPSA) is 57.5 Å². The van der Waals surface area contributed by atoms with E-state index in [1.807, 2.05) is 0 Å². The first kappa shape index (κ1) is 9.59. The minimum absolute atomic E-state index is 0. The van der Waals surface area contributed by atoms with E-state index in [4.69, 9.17) is 13.3 Å². The Labute approximate surface area is 64.8 Å². The fourth-order valence-corrected chi connectivity index (χ4v) is 0. The molecule has 0 spiro atoms. The third-order valence-corrected chi connectivity index (χ3v) is 0. The van der Waals surface area contributed by atoms with Crippen LogP contribution in [0.15, 0.2) is 0 Å². The molecule has 0 rings (SSSR count). The summed E-state index contributed by atoms with van der Waals surface area (Å²) in [6, 6.07) is 0. The van der Waals surface area contributed by atoms with Gasteiger partial charge in [-0.05, 0) is 0 Å². The van der Waals surface area contributed by atoms with Crippen LogP contribution in [0.4, 0.5) is 0 Å². The second-order valence-electron chi connectivity index (χ2n) is 0.231. The van der Waals surface area contributed by atoms with E-state index in [-0.39, 0.29) is 40.6 Å². The van der Waals surface area contributed by atoms with Gasteiger partial charge >= 0.3 is 40.6 Å². The summed E-state index contributed by atoms with van der Waals surface area (Å²) in [5.41, 5.74) is 0. The van der Waals surface area contributed by atoms with Crippen LogP contribution in [0.25, 0.3) is 0 Å². The Bertz CT molecular complexity index is 35.9. The van der Waals surface area contributed by atoms with E-state index < -0.39 is 11.4 Å². The average molecular weight is 124 g/mol. The number of hydrogen-bond donors (Lipinski definition) is 2. The molecule has 0 fully saturated rings. The van der Waals surface area contributed by atoms with Gasteiger partial charge in [-0.2, -0.15) is 4.21 Å². The Morgan fingerprint density at radius 1 is 1.60 bits per heavy atom. The molecule has 0 atom stereocenters. The van der Waals surface area contributed by atoms with E-state index in [1.165, 1.54) is 0 Å². The molecule has 0 aromatic carbocycles. The molecule has 0 aromatic heterocycles. The van der Waals surface area contributed by atoms with Gasteiger partial charge in [0.15, 0.2) is 0 Å². The summed E-state index contributed by atoms with van der Waals surface area (Å²) in [5.74, 6) is 0. The molecular formula is H4CaO3S+4. The van der Waals surface area contributed by atoms with E-state index in [0.717, 1.165) is 0 Å². The Morgan fingerprint density at radius 3 is 1.60 bits per heavy atom. The summed E-state index contributed by atoms with van der Waals surface area (Å²) in [6.45, 7) is 0. The summed E-state index contributed by atoms with van der Waals surface area (Å²) in [7, 11) is 0. The molecule has 5 heteroatoms. The van der Waals surface area contributed by atoms with Gasteiger partial charge in [-0.25, -0.2) is 0 Å². The molecule has 0 heterocycles. The van der Waals surface area contributed by atoms with Crippen LogP contribution >= 0.6 is 0 Å². The van der Waals surface area contributed by atoms with Crippen molar-refractivity contribution in [3.05, 3.63) is 0 Å². The van der Waals surface area contributed by atoms with Gasteiger partial charge in [0.2, 0.25) is 0 Å². The van der Waals surface area contributed by atoms with Crippen LogP contribution in [0.2, 0.25) is 0 Å². The largest absolute Gasteiger partial charge is 2.00 e. The predicted octanol–water partition coefficient (Wildman–Crippen LogP) is -0.475. The summed E-state index contributed by atoms with van der Waals surface area (Å²) in [4.78, 5) is 0. The van der Waals surface area contributed by atoms with Gasteiger partial charge in [0, 0.05) is 0 Å². The maximum atomic E-state index is 8.67. The third-order valence-electron chi connectivity index (χ3n) is 0. The molecule has 2 N–H and O–H groups in total. The van der Waals surface area contributed by atoms with Crippen molar-refractivity contribution in [3.63, 3.8) is 0 Å². The molecule has 0 aliphatic carbocycles. The van der Waals surface area contributed by atoms with Crippen molar-refractivity contribution in [2.45, 2.75) is 0 Å². The summed E-state index contributed by atoms with van der Waals surface area (Å²) < 4.78 is 22.8. The number of hydrogen-bond acceptors (Lipinski definition) is 1. The predicted molar refractivity (Wildman–Crippen MR) is 21.4 cm³/mol. The SMILES string of the molecule is O=S(O)O.[Ca+2].[H+].[H+]. The van der Waals surface area contributed by atoms with Gasteiger partial charge in [0.25, 0.3) is 11.4 Å². The van der Waals surface area contributed by atoms with E-state index >= 15 is 0 Å². The van der Waals surface area contributed by atoms with Crippen LogP contribution in [-0.2, 0) is 11.4 Å². The van der Waals surface area contributed by atoms with Crippen molar-refractivity contribution in [1.82, 2.24) is 0 Å². The monoisotopic (exact) mass is 124 g/mol. The van der Waals surface area contributed by atoms with Crippen LogP contribution in [0.1, 0.15) is 2.85 Å². The molecule has 0 unspecified atom stereocenters. The zero-order valence-electron chi connectivity index (χ0n) is 4.42. The molecule has 3 nitrogen and oxygen atoms in total. The standard InChI is InChI=1S/Ca.H2O3S/c;1-4(2)3/h;(H2,1,2,3)/q+2;/p+2. The van der Waals surface area contributed by atoms with E-state index in [1.54, 1.807) is 0 Å². The molecule has 26 valence electrons. The average Bonchev–Trinajstić information content (AvgIpc) is 0.811. The first-order valence-corrected chi connectivity index (χ1v) is 1.60. The minimum atomic E-state index is -2.61. The number of rotatable bonds is 0. The molecule has 0 bridgehead atoms. The van der Waals surface area contributed by atoms with Crippen molar-refractivity contribution < 1.29 is 16.2 Å². The summed E-state index contributed by atoms with van der Waals surface area (Å²) >= 11 is -2.61. The van der Waals surface area contributed by atoms with E-state index in [0.29, 0.717) is 0 Å². The normalized spacial score (nSPS) is 7.00. The first-order valence-electron chi connectivity index (χ1n) is 0.532. The molecule has 0 radical (unpaired) electrons. The Hall–Kier alpha value is 1.33. The Morgan fingerprint density at radius 2 is 1.60 bits per heavy atom. The van der Waals surface area contributed by atoms with E-state index in [2.05, 4.69) is 0 Å². The molecule has 0 aliphatic heterocycles. The van der Waals surface area contributed by atoms with Gasteiger partial charge in [-0.1, -0.05) is 0 Å². The van der Waals surface area contributed by atoms with Crippen molar-refractivity contribution in [1.29, 1.82) is 0 Å². The van der Waals surface area contributed by atoms with Crippen LogP contribution in [-0.4, -0.2) is 51.1 Å². The Balaban J connectivity index is -0.0000000150. The quantitative estimate of drug-likeness (QED) is 0.339. The van der Waals surface area contributed by atoms with E-state index in [9.17, 15) is 0 Å². The fraction of sp³-hybridized carbons (Fsp3) is 0. The molecule has 0 aliphatic rings. The third kappa shape index (κ3) is 33.4. The summed E-state index contributed by atoms with van der Waals surface area (Å²) in [6.07, 6.45) is 0. The molecule has 0 saturated heterocycles. The molecule has 0 saturated carbocycles. The van der Waals surface area contributed by atoms with Crippen LogP contribution in [0.3, 0.4) is 0 Å². The molecule has 5 heavy (non-hydrogen) atoms. The van der Waals surface area contributed by atoms with Gasteiger partial charge < -0.3 is 0 Å². The smallest absolute Gasteiger partial charge is 0.284 e. The zero-order valence-corrected chi connectivity index (χ0v) is 5.44. The van der Waals surface area contributed by atoms with Crippen LogP contribution in [0, 0.1) is 0 Å². The maximum absolute atomic E-state index is 8.67. The van der Waals surface area contributed by atoms with Crippen molar-refractivity contribution in [2.24, 2.45) is 0 Å². The van der Waals surface area contributed by atoms with Gasteiger partial charge in [0.05, 0.1) is 0 Å². The first-order chi connectivity index (χ1) is 1.73. The summed E-state index contributed by atoms with van der Waals surface area (Å²) in [5, 5.41) is 0. The van der Waals surface area contributed by atoms with Gasteiger partial charge in [0.1, 0.15) is 0 Å². The molecule has 0 aromatic rings. The van der Waals surface area contributed by atoms with Crippen molar-refractivity contribution >= 4 is 49.1 Å². The van der Waals surface area contributed by atoms with Crippen LogP contribution in [0.5, 0.6) is 0 Å².